The second-order valence-corrected chi connectivity index (χ2v) is 6.39. The number of hydrogen-bond acceptors (Lipinski definition) is 4. The Morgan fingerprint density at radius 2 is 2.39 bits per heavy atom. The van der Waals surface area contributed by atoms with Gasteiger partial charge in [-0.25, -0.2) is 0 Å². The van der Waals surface area contributed by atoms with E-state index in [9.17, 15) is 13.6 Å². The van der Waals surface area contributed by atoms with Gasteiger partial charge in [0.15, 0.2) is 0 Å². The lowest BCUT2D eigenvalue weighted by Gasteiger charge is -2.30. The maximum Gasteiger partial charge on any atom is 0.387 e. The van der Waals surface area contributed by atoms with Crippen LogP contribution in [0.3, 0.4) is 0 Å². The van der Waals surface area contributed by atoms with Gasteiger partial charge in [0.05, 0.1) is 0 Å². The average molecular weight is 293 g/mol. The van der Waals surface area contributed by atoms with E-state index in [1.807, 2.05) is 11.8 Å². The van der Waals surface area contributed by atoms with E-state index in [1.54, 1.807) is 10.3 Å². The minimum atomic E-state index is -2.90. The summed E-state index contributed by atoms with van der Waals surface area (Å²) in [5.41, 5.74) is 0. The van der Waals surface area contributed by atoms with E-state index in [0.29, 0.717) is 18.3 Å². The van der Waals surface area contributed by atoms with Gasteiger partial charge in [-0.3, -0.25) is 4.79 Å². The van der Waals surface area contributed by atoms with Crippen LogP contribution in [0, 0.1) is 0 Å². The van der Waals surface area contributed by atoms with Crippen molar-refractivity contribution in [2.75, 3.05) is 18.8 Å². The highest BCUT2D eigenvalue weighted by Crippen LogP contribution is 2.29. The van der Waals surface area contributed by atoms with Gasteiger partial charge < -0.3 is 9.64 Å². The lowest BCUT2D eigenvalue weighted by Crippen LogP contribution is -2.40. The molecular weight excluding hydrogens is 280 g/mol. The maximum atomic E-state index is 12.2. The van der Waals surface area contributed by atoms with Crippen molar-refractivity contribution in [3.8, 4) is 5.75 Å². The van der Waals surface area contributed by atoms with Crippen molar-refractivity contribution >= 4 is 29.0 Å². The number of thiophene rings is 1. The van der Waals surface area contributed by atoms with Crippen LogP contribution in [-0.4, -0.2) is 41.5 Å². The molecule has 3 nitrogen and oxygen atoms in total. The van der Waals surface area contributed by atoms with Gasteiger partial charge in [-0.1, -0.05) is 6.92 Å². The second-order valence-electron chi connectivity index (χ2n) is 3.93. The van der Waals surface area contributed by atoms with Crippen molar-refractivity contribution in [3.63, 3.8) is 0 Å². The molecule has 1 atom stereocenters. The van der Waals surface area contributed by atoms with Crippen molar-refractivity contribution in [3.05, 3.63) is 16.3 Å². The molecule has 0 aliphatic carbocycles. The molecule has 0 N–H and O–H groups in total. The van der Waals surface area contributed by atoms with E-state index < -0.39 is 6.61 Å². The van der Waals surface area contributed by atoms with E-state index >= 15 is 0 Å². The van der Waals surface area contributed by atoms with Gasteiger partial charge in [-0.2, -0.15) is 20.5 Å². The van der Waals surface area contributed by atoms with Crippen molar-refractivity contribution < 1.29 is 18.3 Å². The summed E-state index contributed by atoms with van der Waals surface area (Å²) in [6.07, 6.45) is 0. The first-order valence-electron chi connectivity index (χ1n) is 5.51. The number of carbonyl (C=O) groups excluding carboxylic acids is 1. The van der Waals surface area contributed by atoms with Crippen LogP contribution >= 0.6 is 23.1 Å². The SMILES string of the molecule is C[C@@H]1CN(C(=O)c2sccc2OC(F)F)CCS1. The Morgan fingerprint density at radius 3 is 3.06 bits per heavy atom. The highest BCUT2D eigenvalue weighted by Gasteiger charge is 2.26. The maximum absolute atomic E-state index is 12.2. The molecule has 0 bridgehead atoms. The topological polar surface area (TPSA) is 29.5 Å². The molecule has 0 saturated carbocycles. The highest BCUT2D eigenvalue weighted by atomic mass is 32.2. The first-order chi connectivity index (χ1) is 8.58. The third-order valence-electron chi connectivity index (χ3n) is 2.57. The molecule has 2 rings (SSSR count). The number of ether oxygens (including phenoxy) is 1. The number of thioether (sulfide) groups is 1. The van der Waals surface area contributed by atoms with E-state index in [-0.39, 0.29) is 16.5 Å². The monoisotopic (exact) mass is 293 g/mol. The van der Waals surface area contributed by atoms with Gasteiger partial charge in [0, 0.05) is 24.1 Å². The summed E-state index contributed by atoms with van der Waals surface area (Å²) in [7, 11) is 0. The summed E-state index contributed by atoms with van der Waals surface area (Å²) in [4.78, 5) is 14.2. The van der Waals surface area contributed by atoms with Gasteiger partial charge in [-0.15, -0.1) is 11.3 Å². The predicted molar refractivity (Wildman–Crippen MR) is 68.8 cm³/mol. The Hall–Kier alpha value is -0.820. The lowest BCUT2D eigenvalue weighted by molar-refractivity contribution is -0.0499. The Labute approximate surface area is 112 Å². The number of nitrogens with zero attached hydrogens (tertiary/aromatic N) is 1. The Morgan fingerprint density at radius 1 is 1.61 bits per heavy atom. The molecule has 1 fully saturated rings. The van der Waals surface area contributed by atoms with Crippen LogP contribution in [0.2, 0.25) is 0 Å². The molecular formula is C11H13F2NO2S2. The second kappa shape index (κ2) is 5.88. The first kappa shape index (κ1) is 13.6. The summed E-state index contributed by atoms with van der Waals surface area (Å²) in [5.74, 6) is 0.641. The fourth-order valence-electron chi connectivity index (χ4n) is 1.79. The fraction of sp³-hybridized carbons (Fsp3) is 0.545. The van der Waals surface area contributed by atoms with Crippen LogP contribution < -0.4 is 4.74 Å². The van der Waals surface area contributed by atoms with E-state index in [2.05, 4.69) is 11.7 Å². The van der Waals surface area contributed by atoms with Crippen molar-refractivity contribution in [1.82, 2.24) is 4.90 Å². The van der Waals surface area contributed by atoms with Crippen LogP contribution in [0.4, 0.5) is 8.78 Å². The molecule has 2 heterocycles. The zero-order chi connectivity index (χ0) is 13.1. The summed E-state index contributed by atoms with van der Waals surface area (Å²) in [5, 5.41) is 1.97. The molecule has 0 radical (unpaired) electrons. The van der Waals surface area contributed by atoms with Gasteiger partial charge in [0.25, 0.3) is 5.91 Å². The minimum absolute atomic E-state index is 0.0223. The van der Waals surface area contributed by atoms with Gasteiger partial charge in [0.1, 0.15) is 10.6 Å². The summed E-state index contributed by atoms with van der Waals surface area (Å²) in [6, 6.07) is 1.41. The lowest BCUT2D eigenvalue weighted by atomic mass is 10.3. The molecule has 100 valence electrons. The summed E-state index contributed by atoms with van der Waals surface area (Å²) < 4.78 is 28.7. The van der Waals surface area contributed by atoms with Crippen molar-refractivity contribution in [1.29, 1.82) is 0 Å². The number of rotatable bonds is 3. The molecule has 18 heavy (non-hydrogen) atoms. The van der Waals surface area contributed by atoms with E-state index in [1.165, 1.54) is 6.07 Å². The zero-order valence-corrected chi connectivity index (χ0v) is 11.4. The Kier molecular flexibility index (Phi) is 4.45. The molecule has 1 amide bonds. The summed E-state index contributed by atoms with van der Waals surface area (Å²) >= 11 is 2.95. The molecule has 0 unspecified atom stereocenters. The van der Waals surface area contributed by atoms with Crippen molar-refractivity contribution in [2.24, 2.45) is 0 Å². The number of carbonyl (C=O) groups is 1. The third kappa shape index (κ3) is 3.14. The number of hydrogen-bond donors (Lipinski definition) is 0. The van der Waals surface area contributed by atoms with Crippen LogP contribution in [0.25, 0.3) is 0 Å². The normalized spacial score (nSPS) is 20.2. The predicted octanol–water partition coefficient (Wildman–Crippen LogP) is 2.93. The molecule has 0 aromatic carbocycles. The first-order valence-corrected chi connectivity index (χ1v) is 7.44. The van der Waals surface area contributed by atoms with Crippen LogP contribution in [0.1, 0.15) is 16.6 Å². The molecule has 1 aliphatic rings. The molecule has 1 saturated heterocycles. The molecule has 0 spiro atoms. The number of halogens is 2. The standard InChI is InChI=1S/C11H13F2NO2S2/c1-7-6-14(3-5-17-7)10(15)9-8(2-4-18-9)16-11(12)13/h2,4,7,11H,3,5-6H2,1H3/t7-/m1/s1. The molecule has 1 aliphatic heterocycles. The number of alkyl halides is 2. The van der Waals surface area contributed by atoms with Gasteiger partial charge in [-0.05, 0) is 11.4 Å². The smallest absolute Gasteiger partial charge is 0.387 e. The summed E-state index contributed by atoms with van der Waals surface area (Å²) in [6.45, 7) is 0.451. The third-order valence-corrected chi connectivity index (χ3v) is 4.59. The molecule has 1 aromatic heterocycles. The largest absolute Gasteiger partial charge is 0.433 e. The average Bonchev–Trinajstić information content (AvgIpc) is 2.75. The van der Waals surface area contributed by atoms with E-state index in [4.69, 9.17) is 0 Å². The molecule has 7 heteroatoms. The van der Waals surface area contributed by atoms with Crippen molar-refractivity contribution in [2.45, 2.75) is 18.8 Å². The molecule has 1 aromatic rings. The number of amides is 1. The Balaban J connectivity index is 2.10. The van der Waals surface area contributed by atoms with Crippen LogP contribution in [0.5, 0.6) is 5.75 Å². The van der Waals surface area contributed by atoms with Gasteiger partial charge in [0.2, 0.25) is 0 Å². The quantitative estimate of drug-likeness (QED) is 0.858. The van der Waals surface area contributed by atoms with Crippen LogP contribution in [-0.2, 0) is 0 Å². The fourth-order valence-corrected chi connectivity index (χ4v) is 3.59. The zero-order valence-electron chi connectivity index (χ0n) is 9.77. The van der Waals surface area contributed by atoms with Crippen LogP contribution in [0.15, 0.2) is 11.4 Å². The highest BCUT2D eigenvalue weighted by molar-refractivity contribution is 7.99. The van der Waals surface area contributed by atoms with Gasteiger partial charge >= 0.3 is 6.61 Å². The minimum Gasteiger partial charge on any atom is -0.433 e. The van der Waals surface area contributed by atoms with E-state index in [0.717, 1.165) is 17.1 Å². The Bertz CT molecular complexity index is 425.